The molecule has 147 heavy (non-hydrogen) atoms. The van der Waals surface area contributed by atoms with Crippen LogP contribution in [0.1, 0.15) is 326 Å². The van der Waals surface area contributed by atoms with Gasteiger partial charge in [0.05, 0.1) is 42.2 Å². The van der Waals surface area contributed by atoms with E-state index in [0.717, 1.165) is 83.1 Å². The van der Waals surface area contributed by atoms with Crippen molar-refractivity contribution in [3.63, 3.8) is 0 Å². The SMILES string of the molecule is CC(C)(Oc1ccc(C2(c3ccc(Cl)cc3)CCCCC2)cc1)C(=O)O.CCC(C)(Oc1ccc(C2(c3ccc(C)cc3)CCCCC2)cc1)C(=O)O.CCC(C)(Oc1ccc(C2(c3ccc(Cl)cc3)CCCCC2)cc1)C(=O)O.CCOc1ccc(C2(c3ccccc3OC)CCCCC2)cc1.COc1ccc(C2(c3cccc(OC)c3)CCCCC2)cc1.COc1ccc(C2(c3ccccc3OC)CCCCC2)cc1. The fourth-order valence-electron chi connectivity index (χ4n) is 23.5. The Bertz CT molecular complexity index is 5950. The number of methoxy groups -OCH3 is 5. The third kappa shape index (κ3) is 26.9. The van der Waals surface area contributed by atoms with Gasteiger partial charge in [0.15, 0.2) is 5.60 Å². The summed E-state index contributed by atoms with van der Waals surface area (Å²) in [6.45, 7) is 14.8. The number of rotatable bonds is 30. The zero-order valence-corrected chi connectivity index (χ0v) is 90.6. The number of aliphatic carboxylic acids is 3. The summed E-state index contributed by atoms with van der Waals surface area (Å²) in [5.41, 5.74) is 13.8. The summed E-state index contributed by atoms with van der Waals surface area (Å²) in [5, 5.41) is 29.6. The molecule has 6 aliphatic rings. The number of aryl methyl sites for hydroxylation is 1. The number of hydrogen-bond donors (Lipinski definition) is 3. The minimum atomic E-state index is -1.25. The number of ether oxygens (including phenoxy) is 9. The van der Waals surface area contributed by atoms with Crippen LogP contribution in [-0.2, 0) is 46.9 Å². The first kappa shape index (κ1) is 112. The molecule has 3 N–H and O–H groups in total. The Morgan fingerprint density at radius 2 is 0.517 bits per heavy atom. The predicted octanol–water partition coefficient (Wildman–Crippen LogP) is 33.2. The molecular formula is C130H156Cl2O15. The second-order valence-corrected chi connectivity index (χ2v) is 42.6. The molecule has 0 aromatic heterocycles. The molecule has 6 saturated carbocycles. The van der Waals surface area contributed by atoms with Crippen LogP contribution in [0.2, 0.25) is 10.0 Å². The molecule has 2 unspecified atom stereocenters. The zero-order chi connectivity index (χ0) is 105. The monoisotopic (exact) mass is 2030 g/mol. The van der Waals surface area contributed by atoms with Gasteiger partial charge in [0, 0.05) is 53.7 Å². The summed E-state index contributed by atoms with van der Waals surface area (Å²) >= 11 is 12.2. The number of carboxylic acids is 3. The number of halogens is 2. The Balaban J connectivity index is 0.000000148. The molecule has 17 heteroatoms. The second-order valence-electron chi connectivity index (χ2n) is 41.8. The molecule has 12 aromatic carbocycles. The Labute approximate surface area is 885 Å². The Hall–Kier alpha value is -12.2. The van der Waals surface area contributed by atoms with Crippen molar-refractivity contribution in [2.24, 2.45) is 0 Å². The molecule has 2 atom stereocenters. The molecule has 0 aliphatic heterocycles. The molecule has 0 bridgehead atoms. The summed E-state index contributed by atoms with van der Waals surface area (Å²) in [7, 11) is 8.70. The molecular weight excluding hydrogens is 1870 g/mol. The Kier molecular flexibility index (Phi) is 39.7. The second kappa shape index (κ2) is 52.1. The average molecular weight is 2030 g/mol. The van der Waals surface area contributed by atoms with Crippen LogP contribution in [0.25, 0.3) is 0 Å². The minimum absolute atomic E-state index is 0.0102. The number of hydrogen-bond acceptors (Lipinski definition) is 12. The van der Waals surface area contributed by atoms with Crippen LogP contribution in [0.15, 0.2) is 291 Å². The van der Waals surface area contributed by atoms with Gasteiger partial charge in [0.1, 0.15) is 51.7 Å². The molecule has 0 saturated heterocycles. The molecule has 0 amide bonds. The van der Waals surface area contributed by atoms with E-state index in [1.54, 1.807) is 63.2 Å². The molecule has 15 nitrogen and oxygen atoms in total. The first-order valence-electron chi connectivity index (χ1n) is 53.6. The van der Waals surface area contributed by atoms with Crippen LogP contribution >= 0.6 is 23.2 Å². The van der Waals surface area contributed by atoms with Gasteiger partial charge in [-0.15, -0.1) is 0 Å². The van der Waals surface area contributed by atoms with E-state index in [2.05, 4.69) is 225 Å². The van der Waals surface area contributed by atoms with Crippen LogP contribution in [0.3, 0.4) is 0 Å². The van der Waals surface area contributed by atoms with E-state index in [9.17, 15) is 29.7 Å². The van der Waals surface area contributed by atoms with Crippen LogP contribution in [0.5, 0.6) is 51.7 Å². The van der Waals surface area contributed by atoms with Crippen molar-refractivity contribution < 1.29 is 72.3 Å². The highest BCUT2D eigenvalue weighted by molar-refractivity contribution is 6.30. The molecule has 12 aromatic rings. The fraction of sp³-hybridized carbons (Fsp3) is 0.423. The van der Waals surface area contributed by atoms with Gasteiger partial charge >= 0.3 is 17.9 Å². The molecule has 780 valence electrons. The number of benzene rings is 12. The van der Waals surface area contributed by atoms with Gasteiger partial charge in [-0.2, -0.15) is 0 Å². The van der Waals surface area contributed by atoms with E-state index >= 15 is 0 Å². The third-order valence-corrected chi connectivity index (χ3v) is 33.1. The lowest BCUT2D eigenvalue weighted by Gasteiger charge is -2.39. The van der Waals surface area contributed by atoms with Gasteiger partial charge in [-0.3, -0.25) is 0 Å². The van der Waals surface area contributed by atoms with E-state index in [-0.39, 0.29) is 32.5 Å². The smallest absolute Gasteiger partial charge is 0.347 e. The quantitative estimate of drug-likeness (QED) is 0.0384. The maximum atomic E-state index is 11.5. The van der Waals surface area contributed by atoms with E-state index in [0.29, 0.717) is 36.7 Å². The Morgan fingerprint density at radius 1 is 0.265 bits per heavy atom. The molecule has 6 aliphatic carbocycles. The molecule has 0 spiro atoms. The van der Waals surface area contributed by atoms with E-state index in [4.69, 9.17) is 65.8 Å². The summed E-state index contributed by atoms with van der Waals surface area (Å²) in [5.74, 6) is 4.64. The average Bonchev–Trinajstić information content (AvgIpc) is 0.785. The highest BCUT2D eigenvalue weighted by Gasteiger charge is 2.45. The van der Waals surface area contributed by atoms with Crippen molar-refractivity contribution in [3.05, 3.63) is 374 Å². The van der Waals surface area contributed by atoms with Gasteiger partial charge in [0.25, 0.3) is 0 Å². The maximum absolute atomic E-state index is 11.5. The zero-order valence-electron chi connectivity index (χ0n) is 89.0. The minimum Gasteiger partial charge on any atom is -0.497 e. The van der Waals surface area contributed by atoms with E-state index in [1.165, 1.54) is 226 Å². The van der Waals surface area contributed by atoms with Gasteiger partial charge in [0.2, 0.25) is 11.2 Å². The lowest BCUT2D eigenvalue weighted by molar-refractivity contribution is -0.154. The summed E-state index contributed by atoms with van der Waals surface area (Å²) in [6.07, 6.45) is 37.4. The first-order chi connectivity index (χ1) is 71.0. The Morgan fingerprint density at radius 3 is 0.789 bits per heavy atom. The van der Waals surface area contributed by atoms with Crippen molar-refractivity contribution in [1.82, 2.24) is 0 Å². The number of para-hydroxylation sites is 2. The lowest BCUT2D eigenvalue weighted by Crippen LogP contribution is -2.40. The summed E-state index contributed by atoms with van der Waals surface area (Å²) in [6, 6.07) is 101. The number of carbonyl (C=O) groups is 3. The summed E-state index contributed by atoms with van der Waals surface area (Å²) < 4.78 is 50.3. The van der Waals surface area contributed by atoms with Crippen LogP contribution in [0.4, 0.5) is 0 Å². The lowest BCUT2D eigenvalue weighted by atomic mass is 9.65. The highest BCUT2D eigenvalue weighted by Crippen LogP contribution is 2.54. The van der Waals surface area contributed by atoms with E-state index < -0.39 is 34.7 Å². The molecule has 6 fully saturated rings. The number of carboxylic acid groups (broad SMARTS) is 3. The van der Waals surface area contributed by atoms with Gasteiger partial charge in [-0.25, -0.2) is 14.4 Å². The van der Waals surface area contributed by atoms with Gasteiger partial charge in [-0.1, -0.05) is 328 Å². The van der Waals surface area contributed by atoms with Crippen molar-refractivity contribution in [2.45, 2.75) is 310 Å². The first-order valence-corrected chi connectivity index (χ1v) is 54.4. The standard InChI is InChI=1S/C24H30O3.C23H27ClO3.C22H25ClO3.C21H26O2.2C20H24O2/c1-4-23(3,22(25)26)27-21-14-12-20(13-15-21)24(16-6-5-7-17-24)19-10-8-18(2)9-11-19;1-3-22(2,21(25)26)27-20-13-9-18(10-14-20)23(15-5-4-6-16-23)17-7-11-19(24)12-8-17;1-21(2,20(24)25)26-19-12-8-17(9-13-19)22(14-4-3-5-15-22)16-6-10-18(23)11-7-16;1-3-23-18-13-11-17(12-14-18)21(15-7-4-8-16-21)19-9-5-6-10-20(19)22-2;1-21-17-12-10-16(11-13-17)20(14-6-3-7-15-20)18-8-4-5-9-19(18)22-2;1-21-18-11-9-16(10-12-18)20(13-4-3-5-14-20)17-7-6-8-19(15-17)22-2/h8-15H,4-7,16-17H2,1-3H3,(H,25,26);7-14H,3-6,15-16H2,1-2H3,(H,25,26);6-13H,3-5,14-15H2,1-2H3,(H,24,25);5-6,9-14H,3-4,7-8,15-16H2,1-2H3;4-5,8-13H,3,6-7,14-15H2,1-2H3;6-12,15H,3-5,13-14H2,1-2H3. The molecule has 0 radical (unpaired) electrons. The fourth-order valence-corrected chi connectivity index (χ4v) is 23.8. The highest BCUT2D eigenvalue weighted by atomic mass is 35.5. The van der Waals surface area contributed by atoms with Crippen molar-refractivity contribution >= 4 is 41.1 Å². The van der Waals surface area contributed by atoms with Crippen molar-refractivity contribution in [1.29, 1.82) is 0 Å². The van der Waals surface area contributed by atoms with E-state index in [1.807, 2.05) is 93.6 Å². The van der Waals surface area contributed by atoms with Gasteiger partial charge in [-0.05, 0) is 308 Å². The molecule has 0 heterocycles. The van der Waals surface area contributed by atoms with Crippen molar-refractivity contribution in [3.8, 4) is 51.7 Å². The predicted molar refractivity (Wildman–Crippen MR) is 595 cm³/mol. The van der Waals surface area contributed by atoms with Gasteiger partial charge < -0.3 is 58.0 Å². The van der Waals surface area contributed by atoms with Crippen LogP contribution < -0.4 is 42.6 Å². The maximum Gasteiger partial charge on any atom is 0.347 e. The largest absolute Gasteiger partial charge is 0.497 e. The van der Waals surface area contributed by atoms with Crippen molar-refractivity contribution in [2.75, 3.05) is 42.2 Å². The third-order valence-electron chi connectivity index (χ3n) is 32.6. The van der Waals surface area contributed by atoms with Crippen LogP contribution in [0, 0.1) is 6.92 Å². The van der Waals surface area contributed by atoms with Crippen LogP contribution in [-0.4, -0.2) is 92.2 Å². The normalized spacial score (nSPS) is 17.5. The topological polar surface area (TPSA) is 195 Å². The molecule has 18 rings (SSSR count). The summed E-state index contributed by atoms with van der Waals surface area (Å²) in [4.78, 5) is 34.3.